The smallest absolute Gasteiger partial charge is 0.268 e. The number of benzene rings is 2. The van der Waals surface area contributed by atoms with Crippen molar-refractivity contribution in [3.8, 4) is 5.75 Å². The predicted molar refractivity (Wildman–Crippen MR) is 92.2 cm³/mol. The lowest BCUT2D eigenvalue weighted by atomic mass is 10.1. The Bertz CT molecular complexity index is 840. The van der Waals surface area contributed by atoms with Crippen LogP contribution in [0.15, 0.2) is 48.5 Å². The van der Waals surface area contributed by atoms with E-state index in [1.54, 1.807) is 19.2 Å². The minimum absolute atomic E-state index is 0.108. The lowest BCUT2D eigenvalue weighted by molar-refractivity contribution is 0.0935. The summed E-state index contributed by atoms with van der Waals surface area (Å²) in [7, 11) is 1.63. The number of rotatable bonds is 4. The van der Waals surface area contributed by atoms with Crippen molar-refractivity contribution >= 4 is 28.4 Å². The van der Waals surface area contributed by atoms with Gasteiger partial charge in [-0.3, -0.25) is 4.79 Å². The zero-order valence-corrected chi connectivity index (χ0v) is 13.6. The van der Waals surface area contributed by atoms with E-state index in [9.17, 15) is 4.79 Å². The number of hydrogen-bond donors (Lipinski definition) is 2. The van der Waals surface area contributed by atoms with Crippen LogP contribution in [0, 0.1) is 0 Å². The highest BCUT2D eigenvalue weighted by Crippen LogP contribution is 2.21. The molecule has 3 aromatic rings. The van der Waals surface area contributed by atoms with Gasteiger partial charge in [-0.05, 0) is 48.9 Å². The molecular formula is C18H17ClN2O2. The van der Waals surface area contributed by atoms with E-state index in [4.69, 9.17) is 16.3 Å². The molecule has 0 saturated carbocycles. The highest BCUT2D eigenvalue weighted by Gasteiger charge is 2.14. The van der Waals surface area contributed by atoms with Gasteiger partial charge in [-0.2, -0.15) is 0 Å². The van der Waals surface area contributed by atoms with Crippen molar-refractivity contribution in [2.75, 3.05) is 7.11 Å². The van der Waals surface area contributed by atoms with Gasteiger partial charge in [0.25, 0.3) is 5.91 Å². The maximum atomic E-state index is 12.4. The molecule has 0 aliphatic rings. The summed E-state index contributed by atoms with van der Waals surface area (Å²) >= 11 is 5.97. The summed E-state index contributed by atoms with van der Waals surface area (Å²) in [6, 6.07) is 14.8. The molecule has 2 N–H and O–H groups in total. The van der Waals surface area contributed by atoms with E-state index in [0.29, 0.717) is 10.7 Å². The molecule has 0 bridgehead atoms. The Hall–Kier alpha value is -2.46. The van der Waals surface area contributed by atoms with Crippen LogP contribution in [0.4, 0.5) is 0 Å². The van der Waals surface area contributed by atoms with Crippen molar-refractivity contribution in [3.63, 3.8) is 0 Å². The summed E-state index contributed by atoms with van der Waals surface area (Å²) in [5.74, 6) is 0.639. The maximum absolute atomic E-state index is 12.4. The van der Waals surface area contributed by atoms with Crippen LogP contribution in [-0.2, 0) is 0 Å². The molecule has 118 valence electrons. The number of amides is 1. The highest BCUT2D eigenvalue weighted by molar-refractivity contribution is 6.31. The fourth-order valence-electron chi connectivity index (χ4n) is 2.48. The molecule has 1 amide bonds. The van der Waals surface area contributed by atoms with Crippen molar-refractivity contribution in [1.29, 1.82) is 0 Å². The number of ether oxygens (including phenoxy) is 1. The number of hydrogen-bond acceptors (Lipinski definition) is 2. The number of aromatic nitrogens is 1. The summed E-state index contributed by atoms with van der Waals surface area (Å²) in [6.45, 7) is 1.94. The van der Waals surface area contributed by atoms with Crippen LogP contribution in [0.5, 0.6) is 5.75 Å². The van der Waals surface area contributed by atoms with Gasteiger partial charge in [-0.25, -0.2) is 0 Å². The fourth-order valence-corrected chi connectivity index (χ4v) is 2.66. The van der Waals surface area contributed by atoms with Gasteiger partial charge in [0.1, 0.15) is 11.4 Å². The van der Waals surface area contributed by atoms with Crippen molar-refractivity contribution in [3.05, 3.63) is 64.8 Å². The molecule has 5 heteroatoms. The SMILES string of the molecule is COc1ccc([C@@H](C)NC(=O)c2cc3cc(Cl)ccc3[nH]2)cc1. The molecule has 0 aliphatic carbocycles. The second kappa shape index (κ2) is 6.34. The van der Waals surface area contributed by atoms with E-state index in [1.165, 1.54) is 0 Å². The maximum Gasteiger partial charge on any atom is 0.268 e. The summed E-state index contributed by atoms with van der Waals surface area (Å²) in [6.07, 6.45) is 0. The molecule has 2 aromatic carbocycles. The Balaban J connectivity index is 1.76. The fraction of sp³-hybridized carbons (Fsp3) is 0.167. The molecule has 0 saturated heterocycles. The van der Waals surface area contributed by atoms with Gasteiger partial charge in [-0.15, -0.1) is 0 Å². The molecule has 0 unspecified atom stereocenters. The quantitative estimate of drug-likeness (QED) is 0.749. The molecule has 0 spiro atoms. The summed E-state index contributed by atoms with van der Waals surface area (Å²) < 4.78 is 5.14. The molecule has 3 rings (SSSR count). The molecule has 0 radical (unpaired) electrons. The molecule has 1 atom stereocenters. The number of halogens is 1. The van der Waals surface area contributed by atoms with E-state index in [-0.39, 0.29) is 11.9 Å². The molecule has 23 heavy (non-hydrogen) atoms. The van der Waals surface area contributed by atoms with E-state index in [2.05, 4.69) is 10.3 Å². The Morgan fingerprint density at radius 2 is 1.91 bits per heavy atom. The Labute approximate surface area is 139 Å². The van der Waals surface area contributed by atoms with Crippen molar-refractivity contribution < 1.29 is 9.53 Å². The third kappa shape index (κ3) is 3.32. The first kappa shape index (κ1) is 15.4. The second-order valence-corrected chi connectivity index (χ2v) is 5.82. The Morgan fingerprint density at radius 1 is 1.17 bits per heavy atom. The first-order valence-electron chi connectivity index (χ1n) is 7.30. The largest absolute Gasteiger partial charge is 0.497 e. The molecule has 0 aliphatic heterocycles. The lowest BCUT2D eigenvalue weighted by Crippen LogP contribution is -2.26. The van der Waals surface area contributed by atoms with Crippen LogP contribution in [0.1, 0.15) is 29.0 Å². The van der Waals surface area contributed by atoms with Gasteiger partial charge in [-0.1, -0.05) is 23.7 Å². The zero-order chi connectivity index (χ0) is 16.4. The number of aromatic amines is 1. The normalized spacial score (nSPS) is 12.1. The summed E-state index contributed by atoms with van der Waals surface area (Å²) in [5.41, 5.74) is 2.41. The van der Waals surface area contributed by atoms with Gasteiger partial charge >= 0.3 is 0 Å². The predicted octanol–water partition coefficient (Wildman–Crippen LogP) is 4.32. The molecule has 1 aromatic heterocycles. The molecular weight excluding hydrogens is 312 g/mol. The standard InChI is InChI=1S/C18H17ClN2O2/c1-11(12-3-6-15(23-2)7-4-12)20-18(22)17-10-13-9-14(19)5-8-16(13)21-17/h3-11,21H,1-2H3,(H,20,22)/t11-/m1/s1. The molecule has 4 nitrogen and oxygen atoms in total. The lowest BCUT2D eigenvalue weighted by Gasteiger charge is -2.14. The first-order valence-corrected chi connectivity index (χ1v) is 7.67. The number of nitrogens with one attached hydrogen (secondary N) is 2. The van der Waals surface area contributed by atoms with Gasteiger partial charge in [0.05, 0.1) is 13.2 Å². The number of fused-ring (bicyclic) bond motifs is 1. The van der Waals surface area contributed by atoms with Gasteiger partial charge in [0.15, 0.2) is 0 Å². The van der Waals surface area contributed by atoms with Crippen molar-refractivity contribution in [1.82, 2.24) is 10.3 Å². The Kier molecular flexibility index (Phi) is 4.26. The number of methoxy groups -OCH3 is 1. The molecule has 1 heterocycles. The van der Waals surface area contributed by atoms with Gasteiger partial charge in [0.2, 0.25) is 0 Å². The van der Waals surface area contributed by atoms with Crippen LogP contribution >= 0.6 is 11.6 Å². The monoisotopic (exact) mass is 328 g/mol. The van der Waals surface area contributed by atoms with Crippen molar-refractivity contribution in [2.45, 2.75) is 13.0 Å². The van der Waals surface area contributed by atoms with E-state index in [0.717, 1.165) is 22.2 Å². The van der Waals surface area contributed by atoms with E-state index in [1.807, 2.05) is 43.3 Å². The molecule has 0 fully saturated rings. The third-order valence-electron chi connectivity index (χ3n) is 3.79. The van der Waals surface area contributed by atoms with Crippen LogP contribution in [0.25, 0.3) is 10.9 Å². The summed E-state index contributed by atoms with van der Waals surface area (Å²) in [4.78, 5) is 15.5. The first-order chi connectivity index (χ1) is 11.1. The van der Waals surface area contributed by atoms with Gasteiger partial charge < -0.3 is 15.0 Å². The topological polar surface area (TPSA) is 54.1 Å². The average Bonchev–Trinajstić information content (AvgIpc) is 2.98. The van der Waals surface area contributed by atoms with Crippen LogP contribution in [0.3, 0.4) is 0 Å². The zero-order valence-electron chi connectivity index (χ0n) is 12.9. The third-order valence-corrected chi connectivity index (χ3v) is 4.03. The number of carbonyl (C=O) groups excluding carboxylic acids is 1. The second-order valence-electron chi connectivity index (χ2n) is 5.38. The number of H-pyrrole nitrogens is 1. The Morgan fingerprint density at radius 3 is 2.61 bits per heavy atom. The number of carbonyl (C=O) groups is 1. The minimum atomic E-state index is -0.152. The van der Waals surface area contributed by atoms with Crippen LogP contribution in [0.2, 0.25) is 5.02 Å². The average molecular weight is 329 g/mol. The van der Waals surface area contributed by atoms with Gasteiger partial charge in [0, 0.05) is 15.9 Å². The van der Waals surface area contributed by atoms with E-state index < -0.39 is 0 Å². The summed E-state index contributed by atoms with van der Waals surface area (Å²) in [5, 5.41) is 4.55. The van der Waals surface area contributed by atoms with Crippen LogP contribution in [-0.4, -0.2) is 18.0 Å². The van der Waals surface area contributed by atoms with E-state index >= 15 is 0 Å². The van der Waals surface area contributed by atoms with Crippen LogP contribution < -0.4 is 10.1 Å². The highest BCUT2D eigenvalue weighted by atomic mass is 35.5. The van der Waals surface area contributed by atoms with Crippen molar-refractivity contribution in [2.24, 2.45) is 0 Å². The minimum Gasteiger partial charge on any atom is -0.497 e.